The van der Waals surface area contributed by atoms with Gasteiger partial charge in [-0.1, -0.05) is 0 Å². The van der Waals surface area contributed by atoms with Crippen LogP contribution in [0.4, 0.5) is 0 Å². The predicted octanol–water partition coefficient (Wildman–Crippen LogP) is -15.7. The van der Waals surface area contributed by atoms with Crippen LogP contribution in [-0.2, 0) is 0 Å². The first kappa shape index (κ1) is 79.8. The van der Waals surface area contributed by atoms with Gasteiger partial charge in [0.15, 0.2) is 0 Å². The maximum Gasteiger partial charge on any atom is 3.00 e. The van der Waals surface area contributed by atoms with Gasteiger partial charge in [0, 0.05) is 0 Å². The Morgan fingerprint density at radius 2 is 0.429 bits per heavy atom. The summed E-state index contributed by atoms with van der Waals surface area (Å²) >= 11 is 0. The van der Waals surface area contributed by atoms with E-state index in [0.29, 0.717) is 0 Å². The van der Waals surface area contributed by atoms with Gasteiger partial charge in [-0.05, 0) is 0 Å². The summed E-state index contributed by atoms with van der Waals surface area (Å²) in [7, 11) is 0. The molecule has 0 aliphatic rings. The Balaban J connectivity index is 0. The van der Waals surface area contributed by atoms with Gasteiger partial charge in [-0.25, -0.2) is 0 Å². The summed E-state index contributed by atoms with van der Waals surface area (Å²) < 4.78 is 0. The van der Waals surface area contributed by atoms with Crippen molar-refractivity contribution in [3.8, 4) is 0 Å². The number of hydrogen-bond acceptors (Lipinski definition) is 0. The fraction of sp³-hybridized carbons (Fsp3) is 0. The predicted molar refractivity (Wildman–Crippen MR) is 11.5 cm³/mol. The van der Waals surface area contributed by atoms with Crippen LogP contribution in [0.25, 0.3) is 0 Å². The van der Waals surface area contributed by atoms with Gasteiger partial charge >= 0.3 is 35.7 Å². The molecule has 42 valence electrons. The van der Waals surface area contributed by atoms with E-state index in [-0.39, 0.29) is 121 Å². The second-order valence-corrected chi connectivity index (χ2v) is 0. The van der Waals surface area contributed by atoms with Crippen molar-refractivity contribution in [2.75, 3.05) is 0 Å². The molecule has 0 heterocycles. The van der Waals surface area contributed by atoms with Crippen LogP contribution in [0.2, 0.25) is 0 Å². The van der Waals surface area contributed by atoms with E-state index in [9.17, 15) is 0 Å². The summed E-state index contributed by atoms with van der Waals surface area (Å²) in [6.07, 6.45) is 0. The molecule has 0 aliphatic heterocycles. The first-order valence-corrected chi connectivity index (χ1v) is 0. The van der Waals surface area contributed by atoms with E-state index in [4.69, 9.17) is 0 Å². The van der Waals surface area contributed by atoms with E-state index >= 15 is 0 Å². The summed E-state index contributed by atoms with van der Waals surface area (Å²) in [5.74, 6) is 0. The van der Waals surface area contributed by atoms with Gasteiger partial charge in [0.05, 0.1) is 0 Å². The number of hydrogen-bond donors (Lipinski definition) is 0. The molecule has 0 saturated heterocycles. The minimum Gasteiger partial charge on any atom is -1.00 e. The molecular formula is BBr5Pb. The zero-order valence-electron chi connectivity index (χ0n) is 2.97. The largest absolute Gasteiger partial charge is 3.00 e. The number of rotatable bonds is 0. The standard InChI is InChI=1S/B.5BrH.Pb/h;5*1H;/q+3;;;;;;+2/p-5. The van der Waals surface area contributed by atoms with Gasteiger partial charge in [-0.2, -0.15) is 0 Å². The molecule has 0 aromatic heterocycles. The number of halogens is 5. The van der Waals surface area contributed by atoms with Crippen LogP contribution in [0.5, 0.6) is 0 Å². The Hall–Kier alpha value is 3.39. The van der Waals surface area contributed by atoms with Crippen molar-refractivity contribution in [2.45, 2.75) is 0 Å². The van der Waals surface area contributed by atoms with Crippen molar-refractivity contribution >= 4 is 35.7 Å². The van der Waals surface area contributed by atoms with Crippen LogP contribution in [0.3, 0.4) is 0 Å². The molecule has 0 N–H and O–H groups in total. The molecule has 7 heavy (non-hydrogen) atoms. The van der Waals surface area contributed by atoms with Gasteiger partial charge < -0.3 is 84.9 Å². The molecule has 0 aliphatic carbocycles. The Morgan fingerprint density at radius 1 is 0.429 bits per heavy atom. The van der Waals surface area contributed by atoms with Crippen molar-refractivity contribution in [3.63, 3.8) is 0 Å². The topological polar surface area (TPSA) is 0 Å². The monoisotopic (exact) mass is 614 g/mol. The normalized spacial score (nSPS) is 0. The third-order valence-corrected chi connectivity index (χ3v) is 0. The first-order chi connectivity index (χ1) is 0. The molecule has 0 aromatic carbocycles. The SMILES string of the molecule is [B+3].[Br-].[Br-].[Br-].[Br-].[Br-].[Pb+2]. The Bertz CT molecular complexity index is 8.04. The van der Waals surface area contributed by atoms with Crippen molar-refractivity contribution in [3.05, 3.63) is 0 Å². The van der Waals surface area contributed by atoms with E-state index in [1.165, 1.54) is 0 Å². The molecule has 0 spiro atoms. The van der Waals surface area contributed by atoms with Gasteiger partial charge in [0.1, 0.15) is 0 Å². The van der Waals surface area contributed by atoms with Crippen LogP contribution in [0.15, 0.2) is 0 Å². The minimum absolute atomic E-state index is 0. The summed E-state index contributed by atoms with van der Waals surface area (Å²) in [5.41, 5.74) is 0. The molecule has 0 saturated carbocycles. The van der Waals surface area contributed by atoms with E-state index in [1.54, 1.807) is 0 Å². The Labute approximate surface area is 119 Å². The molecule has 0 fully saturated rings. The van der Waals surface area contributed by atoms with Gasteiger partial charge in [-0.15, -0.1) is 0 Å². The molecule has 0 rings (SSSR count). The average Bonchev–Trinajstić information content (AvgIpc) is 0. The minimum atomic E-state index is 0. The molecule has 0 aromatic rings. The Kier molecular flexibility index (Phi) is 656. The van der Waals surface area contributed by atoms with Crippen LogP contribution in [0, 0.1) is 0 Å². The maximum absolute atomic E-state index is 0. The fourth-order valence-electron chi connectivity index (χ4n) is 0. The third-order valence-electron chi connectivity index (χ3n) is 0. The zero-order valence-corrected chi connectivity index (χ0v) is 14.8. The van der Waals surface area contributed by atoms with Crippen LogP contribution in [-0.4, -0.2) is 35.7 Å². The van der Waals surface area contributed by atoms with Gasteiger partial charge in [0.2, 0.25) is 0 Å². The van der Waals surface area contributed by atoms with E-state index in [1.807, 2.05) is 0 Å². The van der Waals surface area contributed by atoms with Crippen molar-refractivity contribution in [1.29, 1.82) is 0 Å². The molecule has 7 heteroatoms. The maximum atomic E-state index is 0. The van der Waals surface area contributed by atoms with Gasteiger partial charge in [0.25, 0.3) is 0 Å². The zero-order chi connectivity index (χ0) is 0. The van der Waals surface area contributed by atoms with Crippen molar-refractivity contribution in [1.82, 2.24) is 0 Å². The smallest absolute Gasteiger partial charge is 1.00 e. The van der Waals surface area contributed by atoms with E-state index < -0.39 is 0 Å². The van der Waals surface area contributed by atoms with Crippen LogP contribution in [0.1, 0.15) is 0 Å². The van der Waals surface area contributed by atoms with E-state index in [2.05, 4.69) is 0 Å². The first-order valence-electron chi connectivity index (χ1n) is 0. The fourth-order valence-corrected chi connectivity index (χ4v) is 0. The molecule has 0 unspecified atom stereocenters. The summed E-state index contributed by atoms with van der Waals surface area (Å²) in [6, 6.07) is 0. The Morgan fingerprint density at radius 3 is 0.429 bits per heavy atom. The second kappa shape index (κ2) is 57.6. The molecule has 0 atom stereocenters. The van der Waals surface area contributed by atoms with Crippen LogP contribution >= 0.6 is 0 Å². The molecule has 0 amide bonds. The summed E-state index contributed by atoms with van der Waals surface area (Å²) in [6.45, 7) is 0. The molecule has 0 bridgehead atoms. The average molecular weight is 618 g/mol. The van der Waals surface area contributed by atoms with Crippen molar-refractivity contribution < 1.29 is 84.9 Å². The van der Waals surface area contributed by atoms with Crippen LogP contribution < -0.4 is 84.9 Å². The summed E-state index contributed by atoms with van der Waals surface area (Å²) in [5, 5.41) is 0. The summed E-state index contributed by atoms with van der Waals surface area (Å²) in [4.78, 5) is 0. The molecular weight excluding hydrogens is 618 g/mol. The molecule has 0 nitrogen and oxygen atoms in total. The second-order valence-electron chi connectivity index (χ2n) is 0. The van der Waals surface area contributed by atoms with Crippen molar-refractivity contribution in [2.24, 2.45) is 0 Å². The van der Waals surface area contributed by atoms with E-state index in [0.717, 1.165) is 0 Å². The third kappa shape index (κ3) is 44.7. The molecule has 2 radical (unpaired) electrons. The quantitative estimate of drug-likeness (QED) is 0.237. The van der Waals surface area contributed by atoms with Gasteiger partial charge in [-0.3, -0.25) is 0 Å².